The summed E-state index contributed by atoms with van der Waals surface area (Å²) >= 11 is 0. The van der Waals surface area contributed by atoms with Crippen molar-refractivity contribution in [3.8, 4) is 17.2 Å². The third-order valence-electron chi connectivity index (χ3n) is 5.16. The van der Waals surface area contributed by atoms with Crippen LogP contribution in [-0.4, -0.2) is 0 Å². The molecule has 3 aromatic carbocycles. The molecule has 0 unspecified atom stereocenters. The number of rotatable bonds is 0. The largest absolute Gasteiger partial charge is 3.00 e. The van der Waals surface area contributed by atoms with Gasteiger partial charge in [-0.05, 0) is 32.9 Å². The van der Waals surface area contributed by atoms with Crippen molar-refractivity contribution in [3.05, 3.63) is 89.5 Å². The van der Waals surface area contributed by atoms with Crippen molar-refractivity contribution >= 4 is 0 Å². The Morgan fingerprint density at radius 2 is 0.500 bits per heavy atom. The summed E-state index contributed by atoms with van der Waals surface area (Å²) in [6, 6.07) is 21.0. The van der Waals surface area contributed by atoms with Crippen molar-refractivity contribution in [2.75, 3.05) is 0 Å². The van der Waals surface area contributed by atoms with Crippen molar-refractivity contribution in [2.24, 2.45) is 0 Å². The van der Waals surface area contributed by atoms with Gasteiger partial charge in [0.05, 0.1) is 0 Å². The van der Waals surface area contributed by atoms with Crippen molar-refractivity contribution in [3.63, 3.8) is 0 Å². The first-order chi connectivity index (χ1) is 15.0. The van der Waals surface area contributed by atoms with Gasteiger partial charge in [0.2, 0.25) is 0 Å². The predicted molar refractivity (Wildman–Crippen MR) is 134 cm³/mol. The van der Waals surface area contributed by atoms with E-state index >= 15 is 0 Å². The molecular formula is C30H39O3Y. The minimum Gasteiger partial charge on any atom is -0.872 e. The van der Waals surface area contributed by atoms with Gasteiger partial charge in [-0.1, -0.05) is 135 Å². The van der Waals surface area contributed by atoms with E-state index in [1.807, 2.05) is 36.4 Å². The van der Waals surface area contributed by atoms with Gasteiger partial charge in [-0.2, -0.15) is 0 Å². The van der Waals surface area contributed by atoms with Gasteiger partial charge >= 0.3 is 32.7 Å². The quantitative estimate of drug-likeness (QED) is 0.345. The van der Waals surface area contributed by atoms with Crippen LogP contribution in [0.5, 0.6) is 17.2 Å². The molecule has 34 heavy (non-hydrogen) atoms. The first-order valence-electron chi connectivity index (χ1n) is 11.3. The monoisotopic (exact) mass is 536 g/mol. The van der Waals surface area contributed by atoms with E-state index in [1.54, 1.807) is 36.4 Å². The molecule has 0 bridgehead atoms. The fraction of sp³-hybridized carbons (Fsp3) is 0.400. The van der Waals surface area contributed by atoms with Gasteiger partial charge in [0.15, 0.2) is 0 Å². The molecule has 0 aliphatic rings. The van der Waals surface area contributed by atoms with Gasteiger partial charge in [-0.25, -0.2) is 0 Å². The van der Waals surface area contributed by atoms with Crippen molar-refractivity contribution in [1.29, 1.82) is 0 Å². The fourth-order valence-electron chi connectivity index (χ4n) is 2.86. The van der Waals surface area contributed by atoms with Crippen LogP contribution in [-0.2, 0) is 49.0 Å². The molecule has 0 fully saturated rings. The van der Waals surface area contributed by atoms with Gasteiger partial charge < -0.3 is 15.3 Å². The average molecular weight is 537 g/mol. The van der Waals surface area contributed by atoms with Gasteiger partial charge in [0.25, 0.3) is 0 Å². The summed E-state index contributed by atoms with van der Waals surface area (Å²) < 4.78 is 0. The van der Waals surface area contributed by atoms with Crippen molar-refractivity contribution in [2.45, 2.75) is 78.6 Å². The average Bonchev–Trinajstić information content (AvgIpc) is 2.68. The Hall–Kier alpha value is -1.84. The Morgan fingerprint density at radius 3 is 0.618 bits per heavy atom. The third kappa shape index (κ3) is 12.0. The van der Waals surface area contributed by atoms with E-state index in [-0.39, 0.29) is 66.2 Å². The molecule has 0 heterocycles. The summed E-state index contributed by atoms with van der Waals surface area (Å²) in [6.07, 6.45) is 0. The minimum absolute atomic E-state index is 0. The Kier molecular flexibility index (Phi) is 12.6. The smallest absolute Gasteiger partial charge is 0.872 e. The fourth-order valence-corrected chi connectivity index (χ4v) is 2.86. The first kappa shape index (κ1) is 32.2. The molecule has 0 saturated heterocycles. The second kappa shape index (κ2) is 13.3. The predicted octanol–water partition coefficient (Wildman–Crippen LogP) is 6.17. The van der Waals surface area contributed by atoms with Crippen LogP contribution in [0.1, 0.15) is 79.0 Å². The maximum absolute atomic E-state index is 10.7. The molecule has 3 rings (SSSR count). The van der Waals surface area contributed by atoms with Crippen LogP contribution in [0.3, 0.4) is 0 Å². The van der Waals surface area contributed by atoms with Crippen LogP contribution < -0.4 is 15.3 Å². The Morgan fingerprint density at radius 1 is 0.353 bits per heavy atom. The molecule has 180 valence electrons. The molecule has 0 atom stereocenters. The Labute approximate surface area is 232 Å². The van der Waals surface area contributed by atoms with Crippen LogP contribution in [0.4, 0.5) is 0 Å². The van der Waals surface area contributed by atoms with Gasteiger partial charge in [0.1, 0.15) is 0 Å². The number of hydrogen-bond acceptors (Lipinski definition) is 3. The standard InChI is InChI=1S/3C10H14O.Y/c3*1-10(2,3)8-4-6-9(11)7-5-8;/h3*4-7,11H,1-3H3;/q;;;+3/p-3. The molecule has 0 N–H and O–H groups in total. The van der Waals surface area contributed by atoms with Crippen LogP contribution in [0, 0.1) is 0 Å². The van der Waals surface area contributed by atoms with E-state index in [9.17, 15) is 15.3 Å². The zero-order valence-corrected chi connectivity index (χ0v) is 25.1. The molecule has 3 aromatic rings. The van der Waals surface area contributed by atoms with Crippen molar-refractivity contribution in [1.82, 2.24) is 0 Å². The maximum atomic E-state index is 10.7. The molecule has 3 nitrogen and oxygen atoms in total. The van der Waals surface area contributed by atoms with E-state index in [1.165, 1.54) is 16.7 Å². The van der Waals surface area contributed by atoms with Gasteiger partial charge in [-0.3, -0.25) is 0 Å². The van der Waals surface area contributed by atoms with Gasteiger partial charge in [0, 0.05) is 0 Å². The molecular weight excluding hydrogens is 497 g/mol. The molecule has 4 heteroatoms. The zero-order valence-electron chi connectivity index (χ0n) is 22.2. The van der Waals surface area contributed by atoms with Crippen LogP contribution in [0.15, 0.2) is 72.8 Å². The van der Waals surface area contributed by atoms with Crippen LogP contribution >= 0.6 is 0 Å². The molecule has 0 aliphatic carbocycles. The van der Waals surface area contributed by atoms with E-state index in [4.69, 9.17) is 0 Å². The maximum Gasteiger partial charge on any atom is 3.00 e. The number of benzene rings is 3. The molecule has 0 radical (unpaired) electrons. The summed E-state index contributed by atoms with van der Waals surface area (Å²) in [6.45, 7) is 19.2. The summed E-state index contributed by atoms with van der Waals surface area (Å²) in [5, 5.41) is 32.2. The van der Waals surface area contributed by atoms with Crippen LogP contribution in [0.2, 0.25) is 0 Å². The molecule has 0 aliphatic heterocycles. The normalized spacial score (nSPS) is 11.2. The van der Waals surface area contributed by atoms with E-state index in [0.717, 1.165) is 0 Å². The van der Waals surface area contributed by atoms with E-state index in [0.29, 0.717) is 0 Å². The molecule has 0 aromatic heterocycles. The summed E-state index contributed by atoms with van der Waals surface area (Å²) in [5.74, 6) is 0.244. The summed E-state index contributed by atoms with van der Waals surface area (Å²) in [4.78, 5) is 0. The third-order valence-corrected chi connectivity index (χ3v) is 5.16. The van der Waals surface area contributed by atoms with E-state index in [2.05, 4.69) is 62.3 Å². The Balaban J connectivity index is 0.000000473. The first-order valence-corrected chi connectivity index (χ1v) is 11.3. The SMILES string of the molecule is CC(C)(C)c1ccc([O-])cc1.CC(C)(C)c1ccc([O-])cc1.CC(C)(C)c1ccc([O-])cc1.[Y+3]. The minimum atomic E-state index is 0. The molecule has 0 spiro atoms. The van der Waals surface area contributed by atoms with Crippen LogP contribution in [0.25, 0.3) is 0 Å². The second-order valence-corrected chi connectivity index (χ2v) is 11.3. The topological polar surface area (TPSA) is 69.2 Å². The summed E-state index contributed by atoms with van der Waals surface area (Å²) in [5.41, 5.74) is 4.06. The number of hydrogen-bond donors (Lipinski definition) is 0. The zero-order chi connectivity index (χ0) is 25.4. The molecule has 0 saturated carbocycles. The van der Waals surface area contributed by atoms with Gasteiger partial charge in [-0.15, -0.1) is 17.2 Å². The second-order valence-electron chi connectivity index (χ2n) is 11.3. The van der Waals surface area contributed by atoms with E-state index < -0.39 is 0 Å². The Bertz CT molecular complexity index is 823. The molecule has 0 amide bonds. The summed E-state index contributed by atoms with van der Waals surface area (Å²) in [7, 11) is 0. The van der Waals surface area contributed by atoms with Crippen molar-refractivity contribution < 1.29 is 48.0 Å².